The van der Waals surface area contributed by atoms with E-state index in [4.69, 9.17) is 4.98 Å². The summed E-state index contributed by atoms with van der Waals surface area (Å²) >= 11 is 0. The third-order valence-electron chi connectivity index (χ3n) is 6.38. The van der Waals surface area contributed by atoms with E-state index in [1.54, 1.807) is 0 Å². The molecule has 4 aromatic rings. The zero-order valence-corrected chi connectivity index (χ0v) is 19.5. The molecule has 1 fully saturated rings. The van der Waals surface area contributed by atoms with Crippen molar-refractivity contribution in [2.24, 2.45) is 0 Å². The predicted octanol–water partition coefficient (Wildman–Crippen LogP) is 4.69. The summed E-state index contributed by atoms with van der Waals surface area (Å²) in [6, 6.07) is 15.9. The van der Waals surface area contributed by atoms with Crippen molar-refractivity contribution in [1.82, 2.24) is 19.7 Å². The van der Waals surface area contributed by atoms with E-state index < -0.39 is 5.76 Å². The van der Waals surface area contributed by atoms with Crippen LogP contribution in [0.15, 0.2) is 62.6 Å². The van der Waals surface area contributed by atoms with Crippen molar-refractivity contribution in [3.05, 3.63) is 92.1 Å². The molecule has 0 aliphatic heterocycles. The molecule has 7 nitrogen and oxygen atoms in total. The summed E-state index contributed by atoms with van der Waals surface area (Å²) < 4.78 is 6.56. The topological polar surface area (TPSA) is 93.8 Å². The van der Waals surface area contributed by atoms with Gasteiger partial charge in [-0.2, -0.15) is 0 Å². The second-order valence-electron chi connectivity index (χ2n) is 8.84. The molecule has 1 aliphatic rings. The van der Waals surface area contributed by atoms with Crippen LogP contribution in [0, 0.1) is 0 Å². The Morgan fingerprint density at radius 3 is 2.38 bits per heavy atom. The smallest absolute Gasteiger partial charge is 0.296 e. The Kier molecular flexibility index (Phi) is 6.01. The number of aryl methyl sites for hydroxylation is 2. The molecule has 0 saturated heterocycles. The molecule has 34 heavy (non-hydrogen) atoms. The van der Waals surface area contributed by atoms with Gasteiger partial charge in [-0.25, -0.2) is 9.78 Å². The SMILES string of the molecule is CCCc1nc(CC)c(C2CC2)c(=O)n1Cc1ccc(-c2ccccc2-c2noc(=O)[nH]2)cc1. The fourth-order valence-corrected chi connectivity index (χ4v) is 4.55. The molecular weight excluding hydrogens is 428 g/mol. The normalized spacial score (nSPS) is 13.4. The summed E-state index contributed by atoms with van der Waals surface area (Å²) in [5, 5.41) is 3.84. The van der Waals surface area contributed by atoms with Crippen molar-refractivity contribution < 1.29 is 4.52 Å². The van der Waals surface area contributed by atoms with Crippen molar-refractivity contribution in [2.75, 3.05) is 0 Å². The first kappa shape index (κ1) is 22.1. The van der Waals surface area contributed by atoms with E-state index in [0.717, 1.165) is 71.4 Å². The van der Waals surface area contributed by atoms with E-state index in [1.165, 1.54) is 0 Å². The lowest BCUT2D eigenvalue weighted by Gasteiger charge is -2.17. The number of nitrogens with one attached hydrogen (secondary N) is 1. The molecule has 0 unspecified atom stereocenters. The first-order valence-electron chi connectivity index (χ1n) is 12.0. The molecule has 2 aromatic carbocycles. The average Bonchev–Trinajstić information content (AvgIpc) is 3.60. The quantitative estimate of drug-likeness (QED) is 0.415. The summed E-state index contributed by atoms with van der Waals surface area (Å²) in [5.41, 5.74) is 5.79. The highest BCUT2D eigenvalue weighted by atomic mass is 16.5. The first-order chi connectivity index (χ1) is 16.6. The van der Waals surface area contributed by atoms with E-state index in [9.17, 15) is 9.59 Å². The maximum absolute atomic E-state index is 13.5. The van der Waals surface area contributed by atoms with Crippen LogP contribution in [-0.2, 0) is 19.4 Å². The standard InChI is InChI=1S/C27H28N4O3/c1-3-7-23-28-22(4-2)24(19-14-15-19)26(32)31(23)16-17-10-12-18(13-11-17)20-8-5-6-9-21(20)25-29-27(33)34-30-25/h5-6,8-13,19H,3-4,7,14-16H2,1-2H3,(H,29,30,33). The molecule has 1 N–H and O–H groups in total. The Morgan fingerprint density at radius 2 is 1.76 bits per heavy atom. The highest BCUT2D eigenvalue weighted by Crippen LogP contribution is 2.39. The molecule has 0 bridgehead atoms. The Hall–Kier alpha value is -3.74. The fraction of sp³-hybridized carbons (Fsp3) is 0.333. The fourth-order valence-electron chi connectivity index (χ4n) is 4.55. The summed E-state index contributed by atoms with van der Waals surface area (Å²) in [4.78, 5) is 32.5. The highest BCUT2D eigenvalue weighted by molar-refractivity contribution is 5.80. The monoisotopic (exact) mass is 456 g/mol. The molecule has 2 heterocycles. The molecule has 7 heteroatoms. The molecule has 0 spiro atoms. The minimum Gasteiger partial charge on any atom is -0.296 e. The van der Waals surface area contributed by atoms with Crippen LogP contribution in [0.1, 0.15) is 61.7 Å². The number of benzene rings is 2. The van der Waals surface area contributed by atoms with Crippen LogP contribution in [0.2, 0.25) is 0 Å². The van der Waals surface area contributed by atoms with Gasteiger partial charge in [-0.3, -0.25) is 18.9 Å². The van der Waals surface area contributed by atoms with E-state index in [-0.39, 0.29) is 5.56 Å². The van der Waals surface area contributed by atoms with Crippen LogP contribution >= 0.6 is 0 Å². The van der Waals surface area contributed by atoms with E-state index in [2.05, 4.69) is 28.5 Å². The Morgan fingerprint density at radius 1 is 1.03 bits per heavy atom. The molecule has 174 valence electrons. The van der Waals surface area contributed by atoms with Gasteiger partial charge in [0.1, 0.15) is 5.82 Å². The number of aromatic amines is 1. The maximum atomic E-state index is 13.5. The second kappa shape index (κ2) is 9.25. The van der Waals surface area contributed by atoms with Crippen molar-refractivity contribution in [3.8, 4) is 22.5 Å². The van der Waals surface area contributed by atoms with Crippen LogP contribution in [0.5, 0.6) is 0 Å². The summed E-state index contributed by atoms with van der Waals surface area (Å²) in [6.07, 6.45) is 4.69. The van der Waals surface area contributed by atoms with Crippen LogP contribution in [0.3, 0.4) is 0 Å². The Labute approximate surface area is 197 Å². The van der Waals surface area contributed by atoms with Crippen molar-refractivity contribution in [1.29, 1.82) is 0 Å². The van der Waals surface area contributed by atoms with Gasteiger partial charge < -0.3 is 0 Å². The maximum Gasteiger partial charge on any atom is 0.439 e. The van der Waals surface area contributed by atoms with Gasteiger partial charge in [-0.15, -0.1) is 0 Å². The molecule has 5 rings (SSSR count). The predicted molar refractivity (Wildman–Crippen MR) is 131 cm³/mol. The third kappa shape index (κ3) is 4.25. The van der Waals surface area contributed by atoms with Crippen LogP contribution in [0.25, 0.3) is 22.5 Å². The van der Waals surface area contributed by atoms with Crippen LogP contribution < -0.4 is 11.3 Å². The van der Waals surface area contributed by atoms with Gasteiger partial charge in [0.2, 0.25) is 0 Å². The van der Waals surface area contributed by atoms with Crippen molar-refractivity contribution in [3.63, 3.8) is 0 Å². The summed E-state index contributed by atoms with van der Waals surface area (Å²) in [7, 11) is 0. The molecule has 1 saturated carbocycles. The third-order valence-corrected chi connectivity index (χ3v) is 6.38. The van der Waals surface area contributed by atoms with E-state index in [1.807, 2.05) is 53.1 Å². The summed E-state index contributed by atoms with van der Waals surface area (Å²) in [5.74, 6) is 1.06. The van der Waals surface area contributed by atoms with Gasteiger partial charge in [0.05, 0.1) is 12.2 Å². The second-order valence-corrected chi connectivity index (χ2v) is 8.84. The minimum atomic E-state index is -0.582. The first-order valence-corrected chi connectivity index (χ1v) is 12.0. The molecular formula is C27H28N4O3. The van der Waals surface area contributed by atoms with Gasteiger partial charge in [0.15, 0.2) is 5.82 Å². The number of hydrogen-bond donors (Lipinski definition) is 1. The van der Waals surface area contributed by atoms with E-state index >= 15 is 0 Å². The molecule has 0 radical (unpaired) electrons. The Balaban J connectivity index is 1.49. The van der Waals surface area contributed by atoms with Gasteiger partial charge in [-0.05, 0) is 48.3 Å². The molecule has 0 amide bonds. The van der Waals surface area contributed by atoms with Crippen LogP contribution in [0.4, 0.5) is 0 Å². The van der Waals surface area contributed by atoms with Crippen molar-refractivity contribution >= 4 is 0 Å². The number of aromatic nitrogens is 4. The lowest BCUT2D eigenvalue weighted by molar-refractivity contribution is 0.388. The number of rotatable bonds is 8. The van der Waals surface area contributed by atoms with Crippen molar-refractivity contribution in [2.45, 2.75) is 58.4 Å². The highest BCUT2D eigenvalue weighted by Gasteiger charge is 2.31. The molecule has 0 atom stereocenters. The van der Waals surface area contributed by atoms with Crippen LogP contribution in [-0.4, -0.2) is 19.7 Å². The average molecular weight is 457 g/mol. The molecule has 1 aliphatic carbocycles. The lowest BCUT2D eigenvalue weighted by Crippen LogP contribution is -2.30. The minimum absolute atomic E-state index is 0.127. The summed E-state index contributed by atoms with van der Waals surface area (Å²) in [6.45, 7) is 4.70. The Bertz CT molecular complexity index is 1430. The number of nitrogens with zero attached hydrogens (tertiary/aromatic N) is 3. The lowest BCUT2D eigenvalue weighted by atomic mass is 9.98. The van der Waals surface area contributed by atoms with Gasteiger partial charge in [-0.1, -0.05) is 67.5 Å². The van der Waals surface area contributed by atoms with Gasteiger partial charge in [0, 0.05) is 17.5 Å². The largest absolute Gasteiger partial charge is 0.439 e. The zero-order valence-electron chi connectivity index (χ0n) is 19.5. The number of hydrogen-bond acceptors (Lipinski definition) is 5. The van der Waals surface area contributed by atoms with Gasteiger partial charge in [0.25, 0.3) is 5.56 Å². The zero-order chi connectivity index (χ0) is 23.7. The van der Waals surface area contributed by atoms with Gasteiger partial charge >= 0.3 is 5.76 Å². The van der Waals surface area contributed by atoms with E-state index in [0.29, 0.717) is 18.3 Å². The molecule has 2 aromatic heterocycles. The number of H-pyrrole nitrogens is 1.